The Balaban J connectivity index is 1.44. The van der Waals surface area contributed by atoms with Crippen molar-refractivity contribution in [3.8, 4) is 11.3 Å². The second kappa shape index (κ2) is 6.70. The lowest BCUT2D eigenvalue weighted by atomic mass is 10.1. The summed E-state index contributed by atoms with van der Waals surface area (Å²) in [4.78, 5) is 17.8. The van der Waals surface area contributed by atoms with E-state index in [-0.39, 0.29) is 0 Å². The minimum absolute atomic E-state index is 0.708. The predicted molar refractivity (Wildman–Crippen MR) is 109 cm³/mol. The molecule has 3 aromatic heterocycles. The Bertz CT molecular complexity index is 1290. The van der Waals surface area contributed by atoms with Crippen molar-refractivity contribution in [2.45, 2.75) is 13.5 Å². The highest BCUT2D eigenvalue weighted by atomic mass is 15.1. The van der Waals surface area contributed by atoms with Crippen molar-refractivity contribution in [3.63, 3.8) is 0 Å². The third kappa shape index (κ3) is 3.03. The number of H-pyrrole nitrogens is 1. The summed E-state index contributed by atoms with van der Waals surface area (Å²) in [5.41, 5.74) is 6.59. The summed E-state index contributed by atoms with van der Waals surface area (Å²) in [6, 6.07) is 14.3. The number of anilines is 1. The van der Waals surface area contributed by atoms with Crippen LogP contribution in [-0.2, 0) is 6.54 Å². The third-order valence-electron chi connectivity index (χ3n) is 4.62. The van der Waals surface area contributed by atoms with Gasteiger partial charge in [0.1, 0.15) is 12.1 Å². The van der Waals surface area contributed by atoms with Crippen LogP contribution in [0.25, 0.3) is 33.3 Å². The number of hydrogen-bond donors (Lipinski definition) is 2. The van der Waals surface area contributed by atoms with E-state index in [0.29, 0.717) is 12.2 Å². The molecular weight excluding hydrogens is 350 g/mol. The van der Waals surface area contributed by atoms with Crippen LogP contribution >= 0.6 is 0 Å². The van der Waals surface area contributed by atoms with Crippen molar-refractivity contribution >= 4 is 27.9 Å². The van der Waals surface area contributed by atoms with Crippen LogP contribution in [0.3, 0.4) is 0 Å². The fraction of sp³-hybridized carbons (Fsp3) is 0.0952. The molecule has 0 atom stereocenters. The fourth-order valence-electron chi connectivity index (χ4n) is 3.25. The number of nitrogens with one attached hydrogen (secondary N) is 2. The molecule has 2 aromatic carbocycles. The van der Waals surface area contributed by atoms with Gasteiger partial charge in [-0.15, -0.1) is 0 Å². The van der Waals surface area contributed by atoms with Gasteiger partial charge in [0.2, 0.25) is 0 Å². The summed E-state index contributed by atoms with van der Waals surface area (Å²) in [6.07, 6.45) is 5.03. The Morgan fingerprint density at radius 1 is 0.964 bits per heavy atom. The Morgan fingerprint density at radius 3 is 2.86 bits per heavy atom. The number of nitrogens with zero attached hydrogens (tertiary/aromatic N) is 5. The summed E-state index contributed by atoms with van der Waals surface area (Å²) in [6.45, 7) is 2.80. The Labute approximate surface area is 160 Å². The molecular formula is C21H17N7. The highest BCUT2D eigenvalue weighted by Crippen LogP contribution is 2.26. The molecule has 0 radical (unpaired) electrons. The Kier molecular flexibility index (Phi) is 3.90. The molecule has 2 N–H and O–H groups in total. The number of aromatic nitrogens is 6. The van der Waals surface area contributed by atoms with Gasteiger partial charge in [-0.1, -0.05) is 35.9 Å². The zero-order valence-corrected chi connectivity index (χ0v) is 15.2. The lowest BCUT2D eigenvalue weighted by molar-refractivity contribution is 1.09. The maximum absolute atomic E-state index is 4.67. The molecule has 0 bridgehead atoms. The van der Waals surface area contributed by atoms with Crippen molar-refractivity contribution in [2.75, 3.05) is 5.32 Å². The smallest absolute Gasteiger partial charge is 0.159 e. The zero-order chi connectivity index (χ0) is 18.9. The number of fused-ring (bicyclic) bond motifs is 2. The maximum atomic E-state index is 4.67. The molecule has 5 rings (SSSR count). The molecule has 0 saturated carbocycles. The molecule has 0 fully saturated rings. The van der Waals surface area contributed by atoms with Gasteiger partial charge in [0, 0.05) is 12.1 Å². The van der Waals surface area contributed by atoms with E-state index in [0.717, 1.165) is 33.5 Å². The van der Waals surface area contributed by atoms with Crippen molar-refractivity contribution < 1.29 is 0 Å². The summed E-state index contributed by atoms with van der Waals surface area (Å²) in [7, 11) is 0. The SMILES string of the molecule is Cc1cccc(CNc2cnc3cc(-c4ncnc5[nH]ncc45)ccc3n2)c1. The molecule has 0 aliphatic carbocycles. The lowest BCUT2D eigenvalue weighted by Crippen LogP contribution is -2.02. The van der Waals surface area contributed by atoms with E-state index in [1.165, 1.54) is 17.5 Å². The van der Waals surface area contributed by atoms with Gasteiger partial charge in [-0.25, -0.2) is 15.0 Å². The van der Waals surface area contributed by atoms with Crippen LogP contribution in [0.5, 0.6) is 0 Å². The highest BCUT2D eigenvalue weighted by Gasteiger charge is 2.09. The number of aromatic amines is 1. The van der Waals surface area contributed by atoms with Gasteiger partial charge in [-0.05, 0) is 24.6 Å². The van der Waals surface area contributed by atoms with Crippen LogP contribution in [-0.4, -0.2) is 30.1 Å². The average molecular weight is 367 g/mol. The number of aryl methyl sites for hydroxylation is 1. The van der Waals surface area contributed by atoms with Crippen molar-refractivity contribution in [1.29, 1.82) is 0 Å². The predicted octanol–water partition coefficient (Wildman–Crippen LogP) is 3.88. The second-order valence-electron chi connectivity index (χ2n) is 6.66. The molecule has 7 heteroatoms. The molecule has 3 heterocycles. The minimum atomic E-state index is 0.708. The minimum Gasteiger partial charge on any atom is -0.365 e. The summed E-state index contributed by atoms with van der Waals surface area (Å²) in [5, 5.41) is 11.1. The summed E-state index contributed by atoms with van der Waals surface area (Å²) < 4.78 is 0. The van der Waals surface area contributed by atoms with E-state index < -0.39 is 0 Å². The van der Waals surface area contributed by atoms with Crippen LogP contribution in [0.2, 0.25) is 0 Å². The van der Waals surface area contributed by atoms with Gasteiger partial charge in [-0.3, -0.25) is 10.1 Å². The number of rotatable bonds is 4. The van der Waals surface area contributed by atoms with Gasteiger partial charge in [0.25, 0.3) is 0 Å². The molecule has 0 amide bonds. The first-order valence-corrected chi connectivity index (χ1v) is 8.97. The number of hydrogen-bond acceptors (Lipinski definition) is 6. The van der Waals surface area contributed by atoms with Crippen LogP contribution in [0.4, 0.5) is 5.82 Å². The largest absolute Gasteiger partial charge is 0.365 e. The Morgan fingerprint density at radius 2 is 1.93 bits per heavy atom. The average Bonchev–Trinajstić information content (AvgIpc) is 3.21. The van der Waals surface area contributed by atoms with Gasteiger partial charge < -0.3 is 5.32 Å². The van der Waals surface area contributed by atoms with E-state index in [1.807, 2.05) is 18.2 Å². The molecule has 28 heavy (non-hydrogen) atoms. The lowest BCUT2D eigenvalue weighted by Gasteiger charge is -2.08. The summed E-state index contributed by atoms with van der Waals surface area (Å²) in [5.74, 6) is 0.751. The van der Waals surface area contributed by atoms with E-state index in [9.17, 15) is 0 Å². The van der Waals surface area contributed by atoms with Crippen molar-refractivity contribution in [3.05, 3.63) is 72.3 Å². The topological polar surface area (TPSA) is 92.3 Å². The van der Waals surface area contributed by atoms with Crippen LogP contribution < -0.4 is 5.32 Å². The first-order valence-electron chi connectivity index (χ1n) is 8.97. The van der Waals surface area contributed by atoms with Crippen LogP contribution in [0.15, 0.2) is 61.2 Å². The number of benzene rings is 2. The Hall–Kier alpha value is -3.87. The zero-order valence-electron chi connectivity index (χ0n) is 15.2. The molecule has 5 aromatic rings. The fourth-order valence-corrected chi connectivity index (χ4v) is 3.25. The molecule has 0 aliphatic rings. The first-order chi connectivity index (χ1) is 13.8. The van der Waals surface area contributed by atoms with Crippen LogP contribution in [0.1, 0.15) is 11.1 Å². The summed E-state index contributed by atoms with van der Waals surface area (Å²) >= 11 is 0. The molecule has 0 spiro atoms. The maximum Gasteiger partial charge on any atom is 0.159 e. The monoisotopic (exact) mass is 367 g/mol. The molecule has 0 saturated heterocycles. The molecule has 0 unspecified atom stereocenters. The van der Waals surface area contributed by atoms with E-state index in [2.05, 4.69) is 66.6 Å². The third-order valence-corrected chi connectivity index (χ3v) is 4.62. The quantitative estimate of drug-likeness (QED) is 0.501. The van der Waals surface area contributed by atoms with Gasteiger partial charge >= 0.3 is 0 Å². The van der Waals surface area contributed by atoms with Gasteiger partial charge in [-0.2, -0.15) is 5.10 Å². The van der Waals surface area contributed by atoms with Gasteiger partial charge in [0.15, 0.2) is 5.65 Å². The van der Waals surface area contributed by atoms with E-state index >= 15 is 0 Å². The van der Waals surface area contributed by atoms with Crippen molar-refractivity contribution in [2.24, 2.45) is 0 Å². The standard InChI is InChI=1S/C21H17N7/c1-13-3-2-4-14(7-13)9-23-19-11-22-18-8-15(5-6-17(18)27-19)20-16-10-26-28-21(16)25-12-24-20/h2-8,10-12H,9H2,1H3,(H,23,27)(H,24,25,26,28). The van der Waals surface area contributed by atoms with Crippen LogP contribution in [0, 0.1) is 6.92 Å². The van der Waals surface area contributed by atoms with Gasteiger partial charge in [0.05, 0.1) is 34.5 Å². The van der Waals surface area contributed by atoms with E-state index in [4.69, 9.17) is 0 Å². The molecule has 136 valence electrons. The highest BCUT2D eigenvalue weighted by molar-refractivity contribution is 5.92. The van der Waals surface area contributed by atoms with E-state index in [1.54, 1.807) is 12.4 Å². The first kappa shape index (κ1) is 16.3. The van der Waals surface area contributed by atoms with Crippen molar-refractivity contribution in [1.82, 2.24) is 30.1 Å². The second-order valence-corrected chi connectivity index (χ2v) is 6.66. The molecule has 0 aliphatic heterocycles. The molecule has 7 nitrogen and oxygen atoms in total. The normalized spacial score (nSPS) is 11.2.